The summed E-state index contributed by atoms with van der Waals surface area (Å²) in [6.07, 6.45) is 6.04. The Morgan fingerprint density at radius 1 is 1.20 bits per heavy atom. The minimum absolute atomic E-state index is 0.00576. The predicted molar refractivity (Wildman–Crippen MR) is 110 cm³/mol. The van der Waals surface area contributed by atoms with E-state index in [1.165, 1.54) is 6.33 Å². The van der Waals surface area contributed by atoms with Crippen molar-refractivity contribution in [2.24, 2.45) is 0 Å². The van der Waals surface area contributed by atoms with Crippen LogP contribution in [-0.2, 0) is 9.53 Å². The number of nitrogens with zero attached hydrogens (tertiary/aromatic N) is 6. The molecule has 154 valence electrons. The molecule has 0 spiro atoms. The highest BCUT2D eigenvalue weighted by Crippen LogP contribution is 2.35. The number of anilines is 2. The topological polar surface area (TPSA) is 122 Å². The van der Waals surface area contributed by atoms with Crippen molar-refractivity contribution in [3.63, 3.8) is 0 Å². The van der Waals surface area contributed by atoms with E-state index in [2.05, 4.69) is 30.5 Å². The molecular weight excluding hydrogens is 384 g/mol. The molecule has 0 bridgehead atoms. The van der Waals surface area contributed by atoms with Crippen molar-refractivity contribution in [3.8, 4) is 22.8 Å². The van der Waals surface area contributed by atoms with Crippen LogP contribution in [0.5, 0.6) is 0 Å². The molecule has 0 aromatic carbocycles. The second-order valence-corrected chi connectivity index (χ2v) is 7.54. The molecule has 5 rings (SSSR count). The first-order chi connectivity index (χ1) is 14.6. The second-order valence-electron chi connectivity index (χ2n) is 7.54. The Balaban J connectivity index is 1.51. The zero-order valence-electron chi connectivity index (χ0n) is 16.8. The number of pyridine rings is 1. The first kappa shape index (κ1) is 18.6. The summed E-state index contributed by atoms with van der Waals surface area (Å²) in [6, 6.07) is 3.88. The van der Waals surface area contributed by atoms with E-state index in [0.717, 1.165) is 30.5 Å². The summed E-state index contributed by atoms with van der Waals surface area (Å²) >= 11 is 0. The highest BCUT2D eigenvalue weighted by Gasteiger charge is 2.37. The molecule has 10 nitrogen and oxygen atoms in total. The van der Waals surface area contributed by atoms with Gasteiger partial charge in [0.05, 0.1) is 24.5 Å². The van der Waals surface area contributed by atoms with Crippen LogP contribution in [0.15, 0.2) is 24.7 Å². The number of aromatic amines is 1. The number of rotatable bonds is 4. The fraction of sp³-hybridized carbons (Fsp3) is 0.400. The van der Waals surface area contributed by atoms with Crippen LogP contribution in [-0.4, -0.2) is 61.8 Å². The van der Waals surface area contributed by atoms with E-state index in [1.54, 1.807) is 18.2 Å². The first-order valence-electron chi connectivity index (χ1n) is 9.94. The number of carbonyl (C=O) groups is 1. The Labute approximate surface area is 173 Å². The number of aryl methyl sites for hydroxylation is 1. The molecule has 10 heteroatoms. The zero-order valence-corrected chi connectivity index (χ0v) is 16.8. The normalized spacial score (nSPS) is 20.9. The summed E-state index contributed by atoms with van der Waals surface area (Å²) in [7, 11) is 1.72. The number of amides is 1. The molecule has 0 saturated heterocycles. The fourth-order valence-electron chi connectivity index (χ4n) is 4.20. The Hall–Kier alpha value is -3.40. The molecule has 1 fully saturated rings. The summed E-state index contributed by atoms with van der Waals surface area (Å²) in [4.78, 5) is 31.5. The van der Waals surface area contributed by atoms with Crippen molar-refractivity contribution >= 4 is 17.5 Å². The lowest BCUT2D eigenvalue weighted by atomic mass is 10.1. The maximum atomic E-state index is 12.8. The molecule has 1 aliphatic heterocycles. The molecular formula is C20H22N8O2. The molecule has 1 amide bonds. The number of nitrogens with one attached hydrogen (secondary N) is 2. The van der Waals surface area contributed by atoms with Crippen LogP contribution in [0.2, 0.25) is 0 Å². The smallest absolute Gasteiger partial charge is 0.247 e. The van der Waals surface area contributed by atoms with Gasteiger partial charge in [-0.25, -0.2) is 15.0 Å². The molecule has 2 atom stereocenters. The van der Waals surface area contributed by atoms with Gasteiger partial charge >= 0.3 is 0 Å². The molecule has 2 N–H and O–H groups in total. The Morgan fingerprint density at radius 2 is 2.10 bits per heavy atom. The van der Waals surface area contributed by atoms with Crippen molar-refractivity contribution in [1.29, 1.82) is 0 Å². The number of hydrogen-bond donors (Lipinski definition) is 2. The summed E-state index contributed by atoms with van der Waals surface area (Å²) in [5.74, 6) is 1.81. The maximum absolute atomic E-state index is 12.8. The highest BCUT2D eigenvalue weighted by atomic mass is 16.5. The van der Waals surface area contributed by atoms with Crippen LogP contribution in [0.3, 0.4) is 0 Å². The van der Waals surface area contributed by atoms with Crippen LogP contribution < -0.4 is 10.2 Å². The van der Waals surface area contributed by atoms with Crippen LogP contribution in [0, 0.1) is 6.92 Å². The summed E-state index contributed by atoms with van der Waals surface area (Å²) in [6.45, 7) is 2.14. The van der Waals surface area contributed by atoms with E-state index in [0.29, 0.717) is 28.8 Å². The van der Waals surface area contributed by atoms with Crippen molar-refractivity contribution in [2.75, 3.05) is 23.9 Å². The lowest BCUT2D eigenvalue weighted by Crippen LogP contribution is -2.46. The van der Waals surface area contributed by atoms with Crippen molar-refractivity contribution in [2.45, 2.75) is 38.3 Å². The standard InChI is InChI=1S/C20H22N8O2/c1-11-14(5-6-15(25-11)18-23-10-24-27-18)16-8-21-19-20(26-16)28(17(29)9-22-19)12-3-4-13(7-12)30-2/h5-6,8,10,12-13H,3-4,7,9H2,1-2H3,(H,21,22)(H,23,24,27)/t12-,13-/m1/s1. The maximum Gasteiger partial charge on any atom is 0.247 e. The number of fused-ring (bicyclic) bond motifs is 1. The molecule has 1 saturated carbocycles. The van der Waals surface area contributed by atoms with Crippen LogP contribution >= 0.6 is 0 Å². The van der Waals surface area contributed by atoms with Gasteiger partial charge in [-0.05, 0) is 38.3 Å². The van der Waals surface area contributed by atoms with Gasteiger partial charge in [0.1, 0.15) is 12.0 Å². The van der Waals surface area contributed by atoms with E-state index in [1.807, 2.05) is 19.1 Å². The summed E-state index contributed by atoms with van der Waals surface area (Å²) < 4.78 is 5.50. The number of hydrogen-bond acceptors (Lipinski definition) is 8. The van der Waals surface area contributed by atoms with Gasteiger partial charge in [0.2, 0.25) is 5.91 Å². The molecule has 0 unspecified atom stereocenters. The van der Waals surface area contributed by atoms with Crippen LogP contribution in [0.1, 0.15) is 25.0 Å². The molecule has 2 aliphatic rings. The van der Waals surface area contributed by atoms with Gasteiger partial charge in [-0.15, -0.1) is 10.2 Å². The molecule has 0 radical (unpaired) electrons. The van der Waals surface area contributed by atoms with Gasteiger partial charge in [0.15, 0.2) is 17.5 Å². The molecule has 3 aromatic heterocycles. The monoisotopic (exact) mass is 406 g/mol. The van der Waals surface area contributed by atoms with Gasteiger partial charge in [0, 0.05) is 24.4 Å². The number of methoxy groups -OCH3 is 1. The third-order valence-corrected chi connectivity index (χ3v) is 5.73. The molecule has 1 aliphatic carbocycles. The van der Waals surface area contributed by atoms with Crippen molar-refractivity contribution in [1.82, 2.24) is 30.1 Å². The zero-order chi connectivity index (χ0) is 20.7. The number of aromatic nitrogens is 6. The van der Waals surface area contributed by atoms with Gasteiger partial charge in [0.25, 0.3) is 0 Å². The third kappa shape index (κ3) is 3.18. The Bertz CT molecular complexity index is 1080. The van der Waals surface area contributed by atoms with Gasteiger partial charge in [-0.2, -0.15) is 0 Å². The van der Waals surface area contributed by atoms with E-state index < -0.39 is 0 Å². The Morgan fingerprint density at radius 3 is 2.83 bits per heavy atom. The molecule has 4 heterocycles. The van der Waals surface area contributed by atoms with Crippen LogP contribution in [0.4, 0.5) is 11.6 Å². The predicted octanol–water partition coefficient (Wildman–Crippen LogP) is 1.96. The lowest BCUT2D eigenvalue weighted by molar-refractivity contribution is -0.117. The van der Waals surface area contributed by atoms with Gasteiger partial charge in [-0.3, -0.25) is 9.69 Å². The van der Waals surface area contributed by atoms with E-state index in [9.17, 15) is 4.79 Å². The summed E-state index contributed by atoms with van der Waals surface area (Å²) in [5, 5.41) is 10.9. The van der Waals surface area contributed by atoms with E-state index >= 15 is 0 Å². The Kier molecular flexibility index (Phi) is 4.62. The average molecular weight is 406 g/mol. The van der Waals surface area contributed by atoms with Crippen LogP contribution in [0.25, 0.3) is 22.8 Å². The largest absolute Gasteiger partial charge is 0.381 e. The van der Waals surface area contributed by atoms with Gasteiger partial charge < -0.3 is 15.0 Å². The lowest BCUT2D eigenvalue weighted by Gasteiger charge is -2.33. The number of ether oxygens (including phenoxy) is 1. The second kappa shape index (κ2) is 7.45. The average Bonchev–Trinajstić information content (AvgIpc) is 3.45. The number of H-pyrrole nitrogens is 1. The minimum Gasteiger partial charge on any atom is -0.381 e. The number of carbonyl (C=O) groups excluding carboxylic acids is 1. The first-order valence-corrected chi connectivity index (χ1v) is 9.94. The van der Waals surface area contributed by atoms with Crippen molar-refractivity contribution in [3.05, 3.63) is 30.4 Å². The minimum atomic E-state index is 0.00576. The fourth-order valence-corrected chi connectivity index (χ4v) is 4.20. The summed E-state index contributed by atoms with van der Waals surface area (Å²) in [5.41, 5.74) is 3.02. The molecule has 30 heavy (non-hydrogen) atoms. The van der Waals surface area contributed by atoms with E-state index in [4.69, 9.17) is 9.72 Å². The third-order valence-electron chi connectivity index (χ3n) is 5.73. The SMILES string of the molecule is CO[C@@H]1CC[C@@H](N2C(=O)CNc3ncc(-c4ccc(-c5nnc[nH]5)nc4C)nc32)C1. The van der Waals surface area contributed by atoms with Gasteiger partial charge in [-0.1, -0.05) is 0 Å². The quantitative estimate of drug-likeness (QED) is 0.674. The van der Waals surface area contributed by atoms with Crippen molar-refractivity contribution < 1.29 is 9.53 Å². The van der Waals surface area contributed by atoms with E-state index in [-0.39, 0.29) is 24.6 Å². The molecule has 3 aromatic rings. The highest BCUT2D eigenvalue weighted by molar-refractivity contribution is 6.01.